The van der Waals surface area contributed by atoms with Crippen LogP contribution in [0, 0.1) is 6.92 Å². The van der Waals surface area contributed by atoms with Gasteiger partial charge >= 0.3 is 0 Å². The predicted molar refractivity (Wildman–Crippen MR) is 76.4 cm³/mol. The number of rotatable bonds is 5. The highest BCUT2D eigenvalue weighted by Gasteiger charge is 2.06. The molecule has 1 aromatic heterocycles. The van der Waals surface area contributed by atoms with Gasteiger partial charge < -0.3 is 15.0 Å². The Labute approximate surface area is 114 Å². The van der Waals surface area contributed by atoms with Crippen LogP contribution in [-0.4, -0.2) is 22.7 Å². The third-order valence-electron chi connectivity index (χ3n) is 3.01. The quantitative estimate of drug-likeness (QED) is 0.895. The number of ether oxygens (including phenoxy) is 1. The van der Waals surface area contributed by atoms with E-state index >= 15 is 0 Å². The first kappa shape index (κ1) is 13.6. The molecule has 0 aliphatic rings. The van der Waals surface area contributed by atoms with Crippen LogP contribution < -0.4 is 10.5 Å². The Kier molecular flexibility index (Phi) is 4.22. The number of imidazole rings is 1. The first-order valence-corrected chi connectivity index (χ1v) is 6.48. The molecule has 1 unspecified atom stereocenters. The third kappa shape index (κ3) is 3.58. The van der Waals surface area contributed by atoms with Crippen LogP contribution in [0.1, 0.15) is 23.7 Å². The Morgan fingerprint density at radius 1 is 1.42 bits per heavy atom. The average Bonchev–Trinajstić information content (AvgIpc) is 2.76. The van der Waals surface area contributed by atoms with Crippen molar-refractivity contribution in [3.8, 4) is 5.75 Å². The standard InChI is InChI=1S/C15H21N3O/c1-11-4-5-15(19-3)13(6-11)8-18-9-14(17-10-18)7-12(2)16/h4-6,9-10,12H,7-8,16H2,1-3H3. The van der Waals surface area contributed by atoms with Crippen LogP contribution in [0.15, 0.2) is 30.7 Å². The first-order chi connectivity index (χ1) is 9.08. The summed E-state index contributed by atoms with van der Waals surface area (Å²) in [5.74, 6) is 0.910. The minimum absolute atomic E-state index is 0.136. The van der Waals surface area contributed by atoms with E-state index in [9.17, 15) is 0 Å². The fourth-order valence-electron chi connectivity index (χ4n) is 2.16. The number of hydrogen-bond acceptors (Lipinski definition) is 3. The van der Waals surface area contributed by atoms with Crippen LogP contribution in [0.4, 0.5) is 0 Å². The molecule has 2 N–H and O–H groups in total. The number of benzene rings is 1. The lowest BCUT2D eigenvalue weighted by molar-refractivity contribution is 0.408. The Morgan fingerprint density at radius 2 is 2.21 bits per heavy atom. The van der Waals surface area contributed by atoms with Gasteiger partial charge in [-0.25, -0.2) is 4.98 Å². The summed E-state index contributed by atoms with van der Waals surface area (Å²) in [4.78, 5) is 4.37. The lowest BCUT2D eigenvalue weighted by atomic mass is 10.1. The van der Waals surface area contributed by atoms with E-state index in [4.69, 9.17) is 10.5 Å². The molecule has 2 rings (SSSR count). The molecular formula is C15H21N3O. The molecule has 0 fully saturated rings. The molecule has 102 valence electrons. The maximum absolute atomic E-state index is 5.78. The second kappa shape index (κ2) is 5.89. The lowest BCUT2D eigenvalue weighted by Gasteiger charge is -2.10. The van der Waals surface area contributed by atoms with Gasteiger partial charge in [-0.2, -0.15) is 0 Å². The molecule has 19 heavy (non-hydrogen) atoms. The highest BCUT2D eigenvalue weighted by Crippen LogP contribution is 2.20. The van der Waals surface area contributed by atoms with Crippen molar-refractivity contribution in [1.82, 2.24) is 9.55 Å². The Bertz CT molecular complexity index is 546. The van der Waals surface area contributed by atoms with Crippen LogP contribution in [0.3, 0.4) is 0 Å². The second-order valence-corrected chi connectivity index (χ2v) is 5.03. The van der Waals surface area contributed by atoms with Crippen molar-refractivity contribution in [2.75, 3.05) is 7.11 Å². The summed E-state index contributed by atoms with van der Waals surface area (Å²) < 4.78 is 7.45. The van der Waals surface area contributed by atoms with Gasteiger partial charge in [0.15, 0.2) is 0 Å². The molecule has 0 radical (unpaired) electrons. The van der Waals surface area contributed by atoms with E-state index in [1.165, 1.54) is 5.56 Å². The van der Waals surface area contributed by atoms with Crippen LogP contribution in [0.5, 0.6) is 5.75 Å². The van der Waals surface area contributed by atoms with E-state index < -0.39 is 0 Å². The van der Waals surface area contributed by atoms with Crippen molar-refractivity contribution in [3.05, 3.63) is 47.5 Å². The maximum atomic E-state index is 5.78. The Morgan fingerprint density at radius 3 is 2.89 bits per heavy atom. The van der Waals surface area contributed by atoms with Crippen molar-refractivity contribution < 1.29 is 4.74 Å². The highest BCUT2D eigenvalue weighted by atomic mass is 16.5. The summed E-state index contributed by atoms with van der Waals surface area (Å²) in [6.07, 6.45) is 4.70. The molecule has 0 saturated heterocycles. The summed E-state index contributed by atoms with van der Waals surface area (Å²) >= 11 is 0. The molecule has 0 aliphatic carbocycles. The van der Waals surface area contributed by atoms with Crippen LogP contribution in [0.2, 0.25) is 0 Å². The van der Waals surface area contributed by atoms with Gasteiger partial charge in [0, 0.05) is 24.2 Å². The van der Waals surface area contributed by atoms with Gasteiger partial charge in [0.25, 0.3) is 0 Å². The van der Waals surface area contributed by atoms with E-state index in [0.29, 0.717) is 0 Å². The number of nitrogens with two attached hydrogens (primary N) is 1. The molecule has 4 heteroatoms. The Balaban J connectivity index is 2.16. The normalized spacial score (nSPS) is 12.4. The van der Waals surface area contributed by atoms with Gasteiger partial charge in [-0.1, -0.05) is 17.7 Å². The molecule has 0 spiro atoms. The number of hydrogen-bond donors (Lipinski definition) is 1. The van der Waals surface area contributed by atoms with E-state index in [0.717, 1.165) is 30.0 Å². The minimum Gasteiger partial charge on any atom is -0.496 e. The molecule has 2 aromatic rings. The topological polar surface area (TPSA) is 53.1 Å². The van der Waals surface area contributed by atoms with E-state index in [1.54, 1.807) is 7.11 Å². The molecule has 1 aromatic carbocycles. The zero-order chi connectivity index (χ0) is 13.8. The molecule has 4 nitrogen and oxygen atoms in total. The molecule has 1 atom stereocenters. The van der Waals surface area contributed by atoms with Crippen molar-refractivity contribution in [2.24, 2.45) is 5.73 Å². The molecule has 0 saturated carbocycles. The molecule has 0 amide bonds. The summed E-state index contributed by atoms with van der Waals surface area (Å²) in [6.45, 7) is 4.83. The van der Waals surface area contributed by atoms with Crippen molar-refractivity contribution >= 4 is 0 Å². The number of aryl methyl sites for hydroxylation is 1. The second-order valence-electron chi connectivity index (χ2n) is 5.03. The van der Waals surface area contributed by atoms with Crippen molar-refractivity contribution in [1.29, 1.82) is 0 Å². The summed E-state index contributed by atoms with van der Waals surface area (Å²) in [6, 6.07) is 6.34. The smallest absolute Gasteiger partial charge is 0.123 e. The van der Waals surface area contributed by atoms with Crippen LogP contribution >= 0.6 is 0 Å². The summed E-state index contributed by atoms with van der Waals surface area (Å²) in [7, 11) is 1.70. The van der Waals surface area contributed by atoms with Crippen molar-refractivity contribution in [3.63, 3.8) is 0 Å². The van der Waals surface area contributed by atoms with Gasteiger partial charge in [0.05, 0.1) is 25.7 Å². The predicted octanol–water partition coefficient (Wildman–Crippen LogP) is 2.14. The van der Waals surface area contributed by atoms with Crippen LogP contribution in [-0.2, 0) is 13.0 Å². The average molecular weight is 259 g/mol. The highest BCUT2D eigenvalue weighted by molar-refractivity contribution is 5.37. The first-order valence-electron chi connectivity index (χ1n) is 6.48. The molecule has 0 bridgehead atoms. The fraction of sp³-hybridized carbons (Fsp3) is 0.400. The van der Waals surface area contributed by atoms with Gasteiger partial charge in [0.2, 0.25) is 0 Å². The monoisotopic (exact) mass is 259 g/mol. The lowest BCUT2D eigenvalue weighted by Crippen LogP contribution is -2.17. The molecular weight excluding hydrogens is 238 g/mol. The summed E-state index contributed by atoms with van der Waals surface area (Å²) in [5.41, 5.74) is 9.20. The SMILES string of the molecule is COc1ccc(C)cc1Cn1cnc(CC(C)N)c1. The zero-order valence-corrected chi connectivity index (χ0v) is 11.8. The van der Waals surface area contributed by atoms with E-state index in [1.807, 2.05) is 25.5 Å². The molecule has 0 aliphatic heterocycles. The van der Waals surface area contributed by atoms with Crippen LogP contribution in [0.25, 0.3) is 0 Å². The summed E-state index contributed by atoms with van der Waals surface area (Å²) in [5, 5.41) is 0. The number of aromatic nitrogens is 2. The van der Waals surface area contributed by atoms with Gasteiger partial charge in [-0.15, -0.1) is 0 Å². The molecule has 1 heterocycles. The maximum Gasteiger partial charge on any atom is 0.123 e. The largest absolute Gasteiger partial charge is 0.496 e. The Hall–Kier alpha value is -1.81. The zero-order valence-electron chi connectivity index (χ0n) is 11.8. The third-order valence-corrected chi connectivity index (χ3v) is 3.01. The van der Waals surface area contributed by atoms with Gasteiger partial charge in [0.1, 0.15) is 5.75 Å². The van der Waals surface area contributed by atoms with Gasteiger partial charge in [-0.3, -0.25) is 0 Å². The number of nitrogens with zero attached hydrogens (tertiary/aromatic N) is 2. The van der Waals surface area contributed by atoms with Gasteiger partial charge in [-0.05, 0) is 19.9 Å². The fourth-order valence-corrected chi connectivity index (χ4v) is 2.16. The number of methoxy groups -OCH3 is 1. The van der Waals surface area contributed by atoms with Crippen molar-refractivity contribution in [2.45, 2.75) is 32.9 Å². The minimum atomic E-state index is 0.136. The van der Waals surface area contributed by atoms with E-state index in [2.05, 4.69) is 28.6 Å². The van der Waals surface area contributed by atoms with E-state index in [-0.39, 0.29) is 6.04 Å².